The van der Waals surface area contributed by atoms with Crippen LogP contribution in [0.5, 0.6) is 0 Å². The number of guanidine groups is 1. The molecule has 30 heavy (non-hydrogen) atoms. The van der Waals surface area contributed by atoms with Crippen LogP contribution in [0.3, 0.4) is 0 Å². The van der Waals surface area contributed by atoms with E-state index in [9.17, 15) is 18.0 Å². The maximum Gasteiger partial charge on any atom is 0.416 e. The summed E-state index contributed by atoms with van der Waals surface area (Å²) < 4.78 is 37.9. The van der Waals surface area contributed by atoms with Crippen LogP contribution in [0.4, 0.5) is 13.2 Å². The number of nitrogens with zero attached hydrogens (tertiary/aromatic N) is 1. The molecule has 2 aromatic rings. The number of hydrogen-bond donors (Lipinski definition) is 3. The van der Waals surface area contributed by atoms with E-state index in [-0.39, 0.29) is 5.91 Å². The molecule has 0 fully saturated rings. The molecular formula is C22H27F3N4O. The van der Waals surface area contributed by atoms with E-state index >= 15 is 0 Å². The first kappa shape index (κ1) is 23.3. The molecular weight excluding hydrogens is 393 g/mol. The molecule has 0 saturated carbocycles. The second kappa shape index (κ2) is 11.2. The summed E-state index contributed by atoms with van der Waals surface area (Å²) in [4.78, 5) is 16.2. The molecule has 0 aliphatic rings. The van der Waals surface area contributed by atoms with Crippen molar-refractivity contribution >= 4 is 11.9 Å². The normalized spacial score (nSPS) is 11.8. The first-order chi connectivity index (χ1) is 14.3. The SMILES string of the molecule is CCNC(=NCCc1ccc(C(F)(F)F)cc1)NCCc1cccc(C(=O)NC)c1. The predicted octanol–water partition coefficient (Wildman–Crippen LogP) is 3.41. The maximum atomic E-state index is 12.6. The maximum absolute atomic E-state index is 12.6. The fourth-order valence-corrected chi connectivity index (χ4v) is 2.84. The highest BCUT2D eigenvalue weighted by Crippen LogP contribution is 2.29. The number of hydrogen-bond acceptors (Lipinski definition) is 2. The molecule has 2 rings (SSSR count). The van der Waals surface area contributed by atoms with Crippen molar-refractivity contribution in [1.29, 1.82) is 0 Å². The minimum Gasteiger partial charge on any atom is -0.357 e. The number of rotatable bonds is 8. The minimum absolute atomic E-state index is 0.122. The van der Waals surface area contributed by atoms with Gasteiger partial charge in [0.05, 0.1) is 5.56 Å². The Morgan fingerprint density at radius 1 is 1.00 bits per heavy atom. The molecule has 0 aliphatic heterocycles. The summed E-state index contributed by atoms with van der Waals surface area (Å²) >= 11 is 0. The number of carbonyl (C=O) groups is 1. The van der Waals surface area contributed by atoms with Crippen molar-refractivity contribution in [3.63, 3.8) is 0 Å². The van der Waals surface area contributed by atoms with Gasteiger partial charge in [-0.2, -0.15) is 13.2 Å². The lowest BCUT2D eigenvalue weighted by Crippen LogP contribution is -2.38. The van der Waals surface area contributed by atoms with Gasteiger partial charge in [-0.3, -0.25) is 9.79 Å². The molecule has 3 N–H and O–H groups in total. The van der Waals surface area contributed by atoms with Crippen LogP contribution in [0, 0.1) is 0 Å². The number of benzene rings is 2. The highest BCUT2D eigenvalue weighted by Gasteiger charge is 2.29. The Labute approximate surface area is 174 Å². The molecule has 162 valence electrons. The first-order valence-electron chi connectivity index (χ1n) is 9.82. The van der Waals surface area contributed by atoms with Gasteiger partial charge in [0, 0.05) is 32.2 Å². The molecule has 0 saturated heterocycles. The van der Waals surface area contributed by atoms with Gasteiger partial charge >= 0.3 is 6.18 Å². The molecule has 0 radical (unpaired) electrons. The minimum atomic E-state index is -4.32. The van der Waals surface area contributed by atoms with Gasteiger partial charge in [0.15, 0.2) is 5.96 Å². The van der Waals surface area contributed by atoms with Crippen molar-refractivity contribution in [2.24, 2.45) is 4.99 Å². The largest absolute Gasteiger partial charge is 0.416 e. The van der Waals surface area contributed by atoms with Gasteiger partial charge in [0.2, 0.25) is 0 Å². The van der Waals surface area contributed by atoms with Crippen molar-refractivity contribution in [2.75, 3.05) is 26.7 Å². The Morgan fingerprint density at radius 3 is 2.37 bits per heavy atom. The Balaban J connectivity index is 1.86. The summed E-state index contributed by atoms with van der Waals surface area (Å²) in [5.74, 6) is 0.523. The van der Waals surface area contributed by atoms with E-state index in [4.69, 9.17) is 0 Å². The van der Waals surface area contributed by atoms with Gasteiger partial charge in [0.1, 0.15) is 0 Å². The molecule has 2 aromatic carbocycles. The van der Waals surface area contributed by atoms with E-state index in [0.717, 1.165) is 23.3 Å². The summed E-state index contributed by atoms with van der Waals surface area (Å²) in [5.41, 5.74) is 1.80. The number of aliphatic imine (C=N–C) groups is 1. The summed E-state index contributed by atoms with van der Waals surface area (Å²) in [6, 6.07) is 12.6. The van der Waals surface area contributed by atoms with Crippen LogP contribution in [0.1, 0.15) is 34.0 Å². The molecule has 0 aliphatic carbocycles. The summed E-state index contributed by atoms with van der Waals surface area (Å²) in [5, 5.41) is 8.99. The number of carbonyl (C=O) groups excluding carboxylic acids is 1. The monoisotopic (exact) mass is 420 g/mol. The number of alkyl halides is 3. The summed E-state index contributed by atoms with van der Waals surface area (Å²) in [6.07, 6.45) is -3.06. The molecule has 1 amide bonds. The smallest absolute Gasteiger partial charge is 0.357 e. The van der Waals surface area contributed by atoms with Crippen LogP contribution < -0.4 is 16.0 Å². The second-order valence-corrected chi connectivity index (χ2v) is 6.66. The van der Waals surface area contributed by atoms with Crippen molar-refractivity contribution in [2.45, 2.75) is 25.9 Å². The zero-order chi connectivity index (χ0) is 22.0. The van der Waals surface area contributed by atoms with Crippen LogP contribution in [-0.4, -0.2) is 38.5 Å². The second-order valence-electron chi connectivity index (χ2n) is 6.66. The van der Waals surface area contributed by atoms with E-state index in [0.29, 0.717) is 44.0 Å². The third-order valence-electron chi connectivity index (χ3n) is 4.42. The zero-order valence-electron chi connectivity index (χ0n) is 17.1. The first-order valence-corrected chi connectivity index (χ1v) is 9.82. The predicted molar refractivity (Wildman–Crippen MR) is 113 cm³/mol. The molecule has 0 spiro atoms. The molecule has 0 atom stereocenters. The highest BCUT2D eigenvalue weighted by atomic mass is 19.4. The number of nitrogens with one attached hydrogen (secondary N) is 3. The van der Waals surface area contributed by atoms with Crippen LogP contribution in [0.25, 0.3) is 0 Å². The fraction of sp³-hybridized carbons (Fsp3) is 0.364. The number of amides is 1. The third-order valence-corrected chi connectivity index (χ3v) is 4.42. The summed E-state index contributed by atoms with van der Waals surface area (Å²) in [7, 11) is 1.60. The topological polar surface area (TPSA) is 65.5 Å². The molecule has 0 heterocycles. The Kier molecular flexibility index (Phi) is 8.70. The van der Waals surface area contributed by atoms with E-state index in [1.807, 2.05) is 25.1 Å². The van der Waals surface area contributed by atoms with Gasteiger partial charge in [-0.1, -0.05) is 24.3 Å². The fourth-order valence-electron chi connectivity index (χ4n) is 2.84. The standard InChI is InChI=1S/C22H27F3N4O/c1-3-27-21(28-13-11-16-7-9-19(10-8-16)22(23,24)25)29-14-12-17-5-4-6-18(15-17)20(30)26-2/h4-10,15H,3,11-14H2,1-2H3,(H,26,30)(H2,27,28,29). The molecule has 8 heteroatoms. The van der Waals surface area contributed by atoms with Gasteiger partial charge in [-0.15, -0.1) is 0 Å². The van der Waals surface area contributed by atoms with E-state index in [1.54, 1.807) is 13.1 Å². The van der Waals surface area contributed by atoms with Crippen molar-refractivity contribution in [1.82, 2.24) is 16.0 Å². The van der Waals surface area contributed by atoms with Crippen LogP contribution >= 0.6 is 0 Å². The van der Waals surface area contributed by atoms with E-state index < -0.39 is 11.7 Å². The van der Waals surface area contributed by atoms with Crippen LogP contribution in [0.15, 0.2) is 53.5 Å². The van der Waals surface area contributed by atoms with Crippen LogP contribution in [-0.2, 0) is 19.0 Å². The van der Waals surface area contributed by atoms with Gasteiger partial charge in [0.25, 0.3) is 5.91 Å². The lowest BCUT2D eigenvalue weighted by atomic mass is 10.1. The van der Waals surface area contributed by atoms with Gasteiger partial charge in [-0.05, 0) is 55.2 Å². The lowest BCUT2D eigenvalue weighted by molar-refractivity contribution is -0.137. The van der Waals surface area contributed by atoms with Crippen LogP contribution in [0.2, 0.25) is 0 Å². The molecule has 0 bridgehead atoms. The van der Waals surface area contributed by atoms with Gasteiger partial charge in [-0.25, -0.2) is 0 Å². The quantitative estimate of drug-likeness (QED) is 0.453. The Bertz CT molecular complexity index is 848. The number of halogens is 3. The molecule has 5 nitrogen and oxygen atoms in total. The Morgan fingerprint density at radius 2 is 1.73 bits per heavy atom. The summed E-state index contributed by atoms with van der Waals surface area (Å²) in [6.45, 7) is 3.73. The lowest BCUT2D eigenvalue weighted by Gasteiger charge is -2.12. The molecule has 0 unspecified atom stereocenters. The van der Waals surface area contributed by atoms with Crippen molar-refractivity contribution in [3.05, 3.63) is 70.8 Å². The Hall–Kier alpha value is -3.03. The van der Waals surface area contributed by atoms with E-state index in [1.165, 1.54) is 12.1 Å². The zero-order valence-corrected chi connectivity index (χ0v) is 17.1. The van der Waals surface area contributed by atoms with Crippen molar-refractivity contribution < 1.29 is 18.0 Å². The van der Waals surface area contributed by atoms with Gasteiger partial charge < -0.3 is 16.0 Å². The molecule has 0 aromatic heterocycles. The third kappa shape index (κ3) is 7.42. The highest BCUT2D eigenvalue weighted by molar-refractivity contribution is 5.94. The average molecular weight is 420 g/mol. The van der Waals surface area contributed by atoms with E-state index in [2.05, 4.69) is 20.9 Å². The average Bonchev–Trinajstić information content (AvgIpc) is 2.73. The van der Waals surface area contributed by atoms with Crippen molar-refractivity contribution in [3.8, 4) is 0 Å².